The van der Waals surface area contributed by atoms with Crippen molar-refractivity contribution in [1.82, 2.24) is 15.0 Å². The van der Waals surface area contributed by atoms with Crippen LogP contribution in [0, 0.1) is 5.82 Å². The number of aromatic carboxylic acids is 1. The van der Waals surface area contributed by atoms with Crippen LogP contribution in [0.3, 0.4) is 0 Å². The maximum atomic E-state index is 14.5. The predicted molar refractivity (Wildman–Crippen MR) is 129 cm³/mol. The fourth-order valence-electron chi connectivity index (χ4n) is 4.76. The summed E-state index contributed by atoms with van der Waals surface area (Å²) in [5, 5.41) is 21.4. The number of hydrogen-bond acceptors (Lipinski definition) is 3. The van der Waals surface area contributed by atoms with Crippen LogP contribution in [-0.4, -0.2) is 38.2 Å². The van der Waals surface area contributed by atoms with Crippen molar-refractivity contribution in [2.45, 2.75) is 26.4 Å². The Morgan fingerprint density at radius 1 is 1.06 bits per heavy atom. The van der Waals surface area contributed by atoms with Crippen molar-refractivity contribution in [3.63, 3.8) is 0 Å². The number of carbonyl (C=O) groups is 1. The van der Waals surface area contributed by atoms with Gasteiger partial charge in [0.2, 0.25) is 0 Å². The topological polar surface area (TPSA) is 114 Å². The Hall–Kier alpha value is -4.04. The number of ether oxygens (including phenoxy) is 1. The molecule has 5 rings (SSSR count). The largest absolute Gasteiger partial charge is 0.497 e. The minimum atomic E-state index is -1.13. The Balaban J connectivity index is 1.91. The number of aromatic nitrogens is 3. The molecule has 7 nitrogen and oxygen atoms in total. The SMILES string of the molecule is COc1cc(-c2c(C(=O)O)[nH]c(-c3cc(F)cc4[nH]ccc34)c2C(C)C)c2cc(CO)[nH]c2c1. The van der Waals surface area contributed by atoms with E-state index in [1.807, 2.05) is 19.9 Å². The number of nitrogens with one attached hydrogen (secondary N) is 3. The van der Waals surface area contributed by atoms with Gasteiger partial charge in [0.15, 0.2) is 0 Å². The number of hydrogen-bond donors (Lipinski definition) is 5. The molecule has 174 valence electrons. The minimum Gasteiger partial charge on any atom is -0.497 e. The molecule has 0 saturated heterocycles. The summed E-state index contributed by atoms with van der Waals surface area (Å²) in [6.07, 6.45) is 1.73. The summed E-state index contributed by atoms with van der Waals surface area (Å²) < 4.78 is 20.0. The van der Waals surface area contributed by atoms with E-state index in [2.05, 4.69) is 15.0 Å². The molecule has 8 heteroatoms. The van der Waals surface area contributed by atoms with Crippen molar-refractivity contribution in [2.24, 2.45) is 0 Å². The van der Waals surface area contributed by atoms with Gasteiger partial charge in [-0.1, -0.05) is 13.8 Å². The van der Waals surface area contributed by atoms with Crippen molar-refractivity contribution >= 4 is 27.8 Å². The average Bonchev–Trinajstić information content (AvgIpc) is 3.53. The standard InChI is InChI=1S/C26H24FN3O4/c1-12(2)22-23(18-9-15(34-3)10-21-17(18)8-14(11-31)29-21)25(26(32)33)30-24(22)19-6-13(27)7-20-16(19)4-5-28-20/h4-10,12,28-31H,11H2,1-3H3,(H,32,33). The number of halogens is 1. The molecular formula is C26H24FN3O4. The van der Waals surface area contributed by atoms with E-state index in [0.29, 0.717) is 44.9 Å². The molecule has 3 heterocycles. The molecule has 3 aromatic heterocycles. The van der Waals surface area contributed by atoms with Crippen LogP contribution in [0.5, 0.6) is 5.75 Å². The zero-order valence-corrected chi connectivity index (χ0v) is 18.9. The highest BCUT2D eigenvalue weighted by atomic mass is 19.1. The van der Waals surface area contributed by atoms with Crippen molar-refractivity contribution in [3.05, 3.63) is 65.4 Å². The van der Waals surface area contributed by atoms with Gasteiger partial charge in [-0.05, 0) is 47.4 Å². The summed E-state index contributed by atoms with van der Waals surface area (Å²) in [6.45, 7) is 3.76. The van der Waals surface area contributed by atoms with Crippen LogP contribution in [0.2, 0.25) is 0 Å². The second kappa shape index (κ2) is 8.07. The van der Waals surface area contributed by atoms with Crippen LogP contribution >= 0.6 is 0 Å². The fourth-order valence-corrected chi connectivity index (χ4v) is 4.76. The van der Waals surface area contributed by atoms with Crippen molar-refractivity contribution in [1.29, 1.82) is 0 Å². The van der Waals surface area contributed by atoms with Crippen LogP contribution in [0.25, 0.3) is 44.2 Å². The van der Waals surface area contributed by atoms with E-state index >= 15 is 0 Å². The van der Waals surface area contributed by atoms with Gasteiger partial charge >= 0.3 is 5.97 Å². The lowest BCUT2D eigenvalue weighted by Gasteiger charge is -2.14. The third-order valence-electron chi connectivity index (χ3n) is 6.18. The van der Waals surface area contributed by atoms with E-state index < -0.39 is 11.8 Å². The summed E-state index contributed by atoms with van der Waals surface area (Å²) in [7, 11) is 1.54. The monoisotopic (exact) mass is 461 g/mol. The van der Waals surface area contributed by atoms with E-state index in [-0.39, 0.29) is 18.2 Å². The number of H-pyrrole nitrogens is 3. The van der Waals surface area contributed by atoms with Crippen molar-refractivity contribution < 1.29 is 24.1 Å². The van der Waals surface area contributed by atoms with Gasteiger partial charge < -0.3 is 29.9 Å². The van der Waals surface area contributed by atoms with Gasteiger partial charge in [0, 0.05) is 50.9 Å². The molecule has 0 saturated carbocycles. The molecule has 0 amide bonds. The molecule has 0 spiro atoms. The number of carboxylic acids is 1. The maximum Gasteiger partial charge on any atom is 0.352 e. The minimum absolute atomic E-state index is 0.00736. The van der Waals surface area contributed by atoms with Crippen molar-refractivity contribution in [2.75, 3.05) is 7.11 Å². The lowest BCUT2D eigenvalue weighted by Crippen LogP contribution is -2.00. The molecule has 0 aliphatic heterocycles. The molecule has 0 aliphatic carbocycles. The summed E-state index contributed by atoms with van der Waals surface area (Å²) in [4.78, 5) is 21.7. The lowest BCUT2D eigenvalue weighted by atomic mass is 9.89. The number of fused-ring (bicyclic) bond motifs is 2. The second-order valence-corrected chi connectivity index (χ2v) is 8.60. The molecule has 5 N–H and O–H groups in total. The van der Waals surface area contributed by atoms with Gasteiger partial charge in [0.05, 0.1) is 19.4 Å². The van der Waals surface area contributed by atoms with E-state index in [4.69, 9.17) is 4.74 Å². The first-order valence-corrected chi connectivity index (χ1v) is 10.9. The maximum absolute atomic E-state index is 14.5. The Kier molecular flexibility index (Phi) is 5.17. The fraction of sp³-hybridized carbons (Fsp3) is 0.192. The van der Waals surface area contributed by atoms with Gasteiger partial charge in [0.1, 0.15) is 17.3 Å². The van der Waals surface area contributed by atoms with Crippen LogP contribution in [0.15, 0.2) is 42.6 Å². The van der Waals surface area contributed by atoms with E-state index in [1.54, 1.807) is 31.5 Å². The van der Waals surface area contributed by atoms with Gasteiger partial charge in [-0.3, -0.25) is 0 Å². The Bertz CT molecular complexity index is 1560. The highest BCUT2D eigenvalue weighted by Crippen LogP contribution is 2.45. The van der Waals surface area contributed by atoms with E-state index in [9.17, 15) is 19.4 Å². The number of carboxylic acid groups (broad SMARTS) is 1. The molecule has 34 heavy (non-hydrogen) atoms. The average molecular weight is 461 g/mol. The second-order valence-electron chi connectivity index (χ2n) is 8.60. The summed E-state index contributed by atoms with van der Waals surface area (Å²) in [5.41, 5.74) is 5.00. The first-order valence-electron chi connectivity index (χ1n) is 10.9. The van der Waals surface area contributed by atoms with Gasteiger partial charge in [-0.15, -0.1) is 0 Å². The Labute approximate surface area is 194 Å². The lowest BCUT2D eigenvalue weighted by molar-refractivity contribution is 0.0692. The van der Waals surface area contributed by atoms with Crippen LogP contribution in [0.4, 0.5) is 4.39 Å². The smallest absolute Gasteiger partial charge is 0.352 e. The van der Waals surface area contributed by atoms with Crippen LogP contribution in [0.1, 0.15) is 41.5 Å². The van der Waals surface area contributed by atoms with Gasteiger partial charge in [0.25, 0.3) is 0 Å². The molecule has 0 bridgehead atoms. The zero-order valence-electron chi connectivity index (χ0n) is 18.9. The van der Waals surface area contributed by atoms with Crippen LogP contribution in [-0.2, 0) is 6.61 Å². The highest BCUT2D eigenvalue weighted by Gasteiger charge is 2.28. The van der Waals surface area contributed by atoms with Crippen molar-refractivity contribution in [3.8, 4) is 28.1 Å². The van der Waals surface area contributed by atoms with Crippen LogP contribution < -0.4 is 4.74 Å². The quantitative estimate of drug-likeness (QED) is 0.221. The molecule has 0 unspecified atom stereocenters. The van der Waals surface area contributed by atoms with Gasteiger partial charge in [-0.2, -0.15) is 0 Å². The molecular weight excluding hydrogens is 437 g/mol. The summed E-state index contributed by atoms with van der Waals surface area (Å²) in [6, 6.07) is 10.1. The Morgan fingerprint density at radius 3 is 2.53 bits per heavy atom. The molecule has 2 aromatic carbocycles. The number of aliphatic hydroxyl groups excluding tert-OH is 1. The number of aromatic amines is 3. The molecule has 0 radical (unpaired) electrons. The predicted octanol–water partition coefficient (Wildman–Crippen LogP) is 5.77. The Morgan fingerprint density at radius 2 is 1.85 bits per heavy atom. The molecule has 0 aliphatic rings. The first kappa shape index (κ1) is 21.8. The third-order valence-corrected chi connectivity index (χ3v) is 6.18. The third kappa shape index (κ3) is 3.34. The van der Waals surface area contributed by atoms with E-state index in [1.165, 1.54) is 12.1 Å². The normalized spacial score (nSPS) is 11.7. The number of rotatable bonds is 6. The van der Waals surface area contributed by atoms with Gasteiger partial charge in [-0.25, -0.2) is 9.18 Å². The highest BCUT2D eigenvalue weighted by molar-refractivity contribution is 6.07. The number of benzene rings is 2. The molecule has 0 fully saturated rings. The molecule has 0 atom stereocenters. The van der Waals surface area contributed by atoms with E-state index in [0.717, 1.165) is 16.3 Å². The summed E-state index contributed by atoms with van der Waals surface area (Å²) >= 11 is 0. The number of methoxy groups -OCH3 is 1. The number of aliphatic hydroxyl groups is 1. The first-order chi connectivity index (χ1) is 16.3. The zero-order chi connectivity index (χ0) is 24.1. The summed E-state index contributed by atoms with van der Waals surface area (Å²) in [5.74, 6) is -1.10. The molecule has 5 aromatic rings.